The summed E-state index contributed by atoms with van der Waals surface area (Å²) in [6.07, 6.45) is 1.33. The number of carbonyl (C=O) groups excluding carboxylic acids is 3. The predicted octanol–water partition coefficient (Wildman–Crippen LogP) is 4.95. The topological polar surface area (TPSA) is 96.9 Å². The molecule has 0 bridgehead atoms. The molecule has 0 aromatic heterocycles. The van der Waals surface area contributed by atoms with E-state index in [2.05, 4.69) is 15.8 Å². The molecule has 162 valence electrons. The molecule has 0 saturated heterocycles. The van der Waals surface area contributed by atoms with E-state index in [1.54, 1.807) is 42.5 Å². The zero-order valence-corrected chi connectivity index (χ0v) is 18.4. The number of hydrazone groups is 1. The van der Waals surface area contributed by atoms with Crippen LogP contribution in [0.5, 0.6) is 5.75 Å². The summed E-state index contributed by atoms with van der Waals surface area (Å²) in [5, 5.41) is 7.10. The Hall–Kier alpha value is -3.39. The number of esters is 1. The molecule has 0 unspecified atom stereocenters. The highest BCUT2D eigenvalue weighted by atomic mass is 35.5. The minimum atomic E-state index is -0.973. The van der Waals surface area contributed by atoms with Gasteiger partial charge in [0.15, 0.2) is 0 Å². The van der Waals surface area contributed by atoms with Gasteiger partial charge in [-0.25, -0.2) is 10.2 Å². The Morgan fingerprint density at radius 3 is 2.28 bits per heavy atom. The molecule has 0 aliphatic carbocycles. The molecule has 0 spiro atoms. The second kappa shape index (κ2) is 10.8. The molecule has 0 saturated carbocycles. The molecule has 0 fully saturated rings. The zero-order chi connectivity index (χ0) is 23.1. The number of benzene rings is 3. The molecule has 0 radical (unpaired) electrons. The number of nitrogens with zero attached hydrogens (tertiary/aromatic N) is 1. The molecule has 32 heavy (non-hydrogen) atoms. The summed E-state index contributed by atoms with van der Waals surface area (Å²) in [6.45, 7) is 0. The third-order valence-electron chi connectivity index (χ3n) is 3.91. The van der Waals surface area contributed by atoms with Gasteiger partial charge in [-0.3, -0.25) is 9.59 Å². The fraction of sp³-hybridized carbons (Fsp3) is 0. The lowest BCUT2D eigenvalue weighted by molar-refractivity contribution is -0.136. The Bertz CT molecular complexity index is 1200. The molecule has 3 rings (SSSR count). The number of amides is 2. The Labute approximate surface area is 197 Å². The summed E-state index contributed by atoms with van der Waals surface area (Å²) in [4.78, 5) is 35.9. The van der Waals surface area contributed by atoms with Crippen molar-refractivity contribution in [1.82, 2.24) is 5.43 Å². The fourth-order valence-electron chi connectivity index (χ4n) is 2.38. The van der Waals surface area contributed by atoms with Crippen molar-refractivity contribution in [2.45, 2.75) is 0 Å². The molecule has 0 heterocycles. The minimum Gasteiger partial charge on any atom is -0.423 e. The Kier molecular flexibility index (Phi) is 7.83. The fourth-order valence-corrected chi connectivity index (χ4v) is 2.87. The summed E-state index contributed by atoms with van der Waals surface area (Å²) in [6, 6.07) is 17.2. The number of hydrogen-bond acceptors (Lipinski definition) is 5. The van der Waals surface area contributed by atoms with Crippen LogP contribution in [0.25, 0.3) is 0 Å². The minimum absolute atomic E-state index is 0.240. The molecule has 0 aliphatic heterocycles. The predicted molar refractivity (Wildman–Crippen MR) is 124 cm³/mol. The SMILES string of the molecule is O=C(N/N=C\c1ccc(OC(=O)c2cccc(Cl)c2)cc1)C(=O)Nc1ccc(Cl)c(Cl)c1. The van der Waals surface area contributed by atoms with E-state index in [0.29, 0.717) is 32.6 Å². The lowest BCUT2D eigenvalue weighted by Gasteiger charge is -2.05. The smallest absolute Gasteiger partial charge is 0.343 e. The van der Waals surface area contributed by atoms with Gasteiger partial charge in [0.2, 0.25) is 0 Å². The van der Waals surface area contributed by atoms with Crippen LogP contribution in [0.3, 0.4) is 0 Å². The second-order valence-electron chi connectivity index (χ2n) is 6.25. The van der Waals surface area contributed by atoms with E-state index >= 15 is 0 Å². The Morgan fingerprint density at radius 2 is 1.59 bits per heavy atom. The van der Waals surface area contributed by atoms with E-state index in [1.165, 1.54) is 30.5 Å². The summed E-state index contributed by atoms with van der Waals surface area (Å²) in [7, 11) is 0. The highest BCUT2D eigenvalue weighted by Gasteiger charge is 2.13. The van der Waals surface area contributed by atoms with Crippen LogP contribution in [-0.2, 0) is 9.59 Å². The molecule has 7 nitrogen and oxygen atoms in total. The van der Waals surface area contributed by atoms with Crippen molar-refractivity contribution < 1.29 is 19.1 Å². The van der Waals surface area contributed by atoms with Gasteiger partial charge in [-0.2, -0.15) is 5.10 Å². The number of rotatable bonds is 5. The summed E-state index contributed by atoms with van der Waals surface area (Å²) in [5.74, 6) is -2.13. The van der Waals surface area contributed by atoms with Gasteiger partial charge >= 0.3 is 17.8 Å². The highest BCUT2D eigenvalue weighted by molar-refractivity contribution is 6.43. The van der Waals surface area contributed by atoms with Crippen molar-refractivity contribution in [2.75, 3.05) is 5.32 Å². The van der Waals surface area contributed by atoms with E-state index < -0.39 is 17.8 Å². The zero-order valence-electron chi connectivity index (χ0n) is 16.1. The Morgan fingerprint density at radius 1 is 0.844 bits per heavy atom. The van der Waals surface area contributed by atoms with Gasteiger partial charge in [-0.15, -0.1) is 0 Å². The van der Waals surface area contributed by atoms with Crippen LogP contribution in [0.4, 0.5) is 5.69 Å². The highest BCUT2D eigenvalue weighted by Crippen LogP contribution is 2.25. The Balaban J connectivity index is 1.51. The molecule has 10 heteroatoms. The standard InChI is InChI=1S/C22H14Cl3N3O4/c23-15-3-1-2-14(10-15)22(31)32-17-7-4-13(5-8-17)12-26-28-21(30)20(29)27-16-6-9-18(24)19(25)11-16/h1-12H,(H,27,29)(H,28,30)/b26-12-. The lowest BCUT2D eigenvalue weighted by Crippen LogP contribution is -2.32. The molecule has 0 atom stereocenters. The summed E-state index contributed by atoms with van der Waals surface area (Å²) < 4.78 is 5.27. The first-order valence-corrected chi connectivity index (χ1v) is 10.1. The first kappa shape index (κ1) is 23.3. The van der Waals surface area contributed by atoms with Crippen molar-refractivity contribution in [3.05, 3.63) is 92.9 Å². The molecule has 3 aromatic carbocycles. The van der Waals surface area contributed by atoms with Gasteiger partial charge in [0.05, 0.1) is 21.8 Å². The monoisotopic (exact) mass is 489 g/mol. The van der Waals surface area contributed by atoms with Crippen molar-refractivity contribution in [3.8, 4) is 5.75 Å². The first-order chi connectivity index (χ1) is 15.3. The van der Waals surface area contributed by atoms with Gasteiger partial charge < -0.3 is 10.1 Å². The van der Waals surface area contributed by atoms with Gasteiger partial charge in [0.1, 0.15) is 5.75 Å². The van der Waals surface area contributed by atoms with Crippen LogP contribution in [0.2, 0.25) is 15.1 Å². The maximum atomic E-state index is 12.1. The van der Waals surface area contributed by atoms with E-state index in [4.69, 9.17) is 39.5 Å². The van der Waals surface area contributed by atoms with Crippen molar-refractivity contribution in [3.63, 3.8) is 0 Å². The van der Waals surface area contributed by atoms with Crippen LogP contribution in [0.15, 0.2) is 71.8 Å². The quantitative estimate of drug-likeness (QED) is 0.174. The molecular weight excluding hydrogens is 477 g/mol. The normalized spacial score (nSPS) is 10.6. The van der Waals surface area contributed by atoms with Crippen LogP contribution < -0.4 is 15.5 Å². The van der Waals surface area contributed by atoms with E-state index in [1.807, 2.05) is 0 Å². The van der Waals surface area contributed by atoms with Gasteiger partial charge in [0, 0.05) is 10.7 Å². The van der Waals surface area contributed by atoms with E-state index in [9.17, 15) is 14.4 Å². The van der Waals surface area contributed by atoms with E-state index in [-0.39, 0.29) is 5.02 Å². The number of halogens is 3. The average molecular weight is 491 g/mol. The van der Waals surface area contributed by atoms with Gasteiger partial charge in [-0.1, -0.05) is 40.9 Å². The molecule has 2 amide bonds. The third kappa shape index (κ3) is 6.55. The summed E-state index contributed by atoms with van der Waals surface area (Å²) >= 11 is 17.5. The number of nitrogens with one attached hydrogen (secondary N) is 2. The van der Waals surface area contributed by atoms with Crippen molar-refractivity contribution in [2.24, 2.45) is 5.10 Å². The van der Waals surface area contributed by atoms with Gasteiger partial charge in [-0.05, 0) is 66.2 Å². The lowest BCUT2D eigenvalue weighted by atomic mass is 10.2. The number of hydrogen-bond donors (Lipinski definition) is 2. The molecule has 3 aromatic rings. The van der Waals surface area contributed by atoms with Crippen LogP contribution in [-0.4, -0.2) is 24.0 Å². The van der Waals surface area contributed by atoms with Crippen LogP contribution in [0, 0.1) is 0 Å². The van der Waals surface area contributed by atoms with Crippen LogP contribution >= 0.6 is 34.8 Å². The maximum Gasteiger partial charge on any atom is 0.343 e. The molecule has 2 N–H and O–H groups in total. The van der Waals surface area contributed by atoms with Crippen LogP contribution in [0.1, 0.15) is 15.9 Å². The maximum absolute atomic E-state index is 12.1. The largest absolute Gasteiger partial charge is 0.423 e. The summed E-state index contributed by atoms with van der Waals surface area (Å²) in [5.41, 5.74) is 3.34. The van der Waals surface area contributed by atoms with Crippen molar-refractivity contribution in [1.29, 1.82) is 0 Å². The molecule has 0 aliphatic rings. The number of anilines is 1. The number of carbonyl (C=O) groups is 3. The van der Waals surface area contributed by atoms with Crippen molar-refractivity contribution >= 4 is 64.5 Å². The average Bonchev–Trinajstić information content (AvgIpc) is 2.77. The first-order valence-electron chi connectivity index (χ1n) is 8.99. The van der Waals surface area contributed by atoms with E-state index in [0.717, 1.165) is 0 Å². The van der Waals surface area contributed by atoms with Gasteiger partial charge in [0.25, 0.3) is 0 Å². The molecular formula is C22H14Cl3N3O4. The third-order valence-corrected chi connectivity index (χ3v) is 4.89. The number of ether oxygens (including phenoxy) is 1. The second-order valence-corrected chi connectivity index (χ2v) is 7.50.